The number of carbonyl (C=O) groups excluding carboxylic acids is 3. The van der Waals surface area contributed by atoms with E-state index in [2.05, 4.69) is 25.4 Å². The third-order valence-corrected chi connectivity index (χ3v) is 14.4. The summed E-state index contributed by atoms with van der Waals surface area (Å²) in [5.41, 5.74) is -1.23. The summed E-state index contributed by atoms with van der Waals surface area (Å²) in [5.74, 6) is -0.916. The lowest BCUT2D eigenvalue weighted by Gasteiger charge is -2.22. The Labute approximate surface area is 424 Å². The topological polar surface area (TPSA) is 180 Å². The van der Waals surface area contributed by atoms with E-state index in [0.717, 1.165) is 43.5 Å². The van der Waals surface area contributed by atoms with Gasteiger partial charge in [-0.1, -0.05) is 53.0 Å². The molecule has 2 N–H and O–H groups in total. The van der Waals surface area contributed by atoms with Crippen molar-refractivity contribution in [1.82, 2.24) is 9.44 Å². The molecule has 22 heteroatoms. The van der Waals surface area contributed by atoms with Crippen LogP contribution in [-0.4, -0.2) is 59.0 Å². The van der Waals surface area contributed by atoms with Gasteiger partial charge >= 0.3 is 24.3 Å². The Kier molecular flexibility index (Phi) is 18.5. The standard InChI is InChI=1S/C26H30F3NO6S.C24H27BrF3NO5S/c1-16(31)17-12-18(26(27,28)29)14-19(13-17)37(33,34)30-22-10-6-5-8-21-20(22)9-7-11-23(21)35-15-24(32)36-25(2,3)4;1-23(2,3)34-22(30)14-33-21-10-6-8-18-19(21)7-4-5-9-20(18)29-35(31,32)17-12-15(24(26,27)28)11-16(25)13-17/h7,9,11-14,22,30H,5-6,8,10,15H2,1-4H3;6,8,10-13,20,29H,4-5,7,9,14H2,1-3H3. The molecule has 0 fully saturated rings. The number of ketones is 1. The van der Waals surface area contributed by atoms with Gasteiger partial charge in [0.05, 0.1) is 20.9 Å². The molecule has 0 saturated heterocycles. The molecule has 0 spiro atoms. The van der Waals surface area contributed by atoms with Crippen molar-refractivity contribution in [2.75, 3.05) is 13.2 Å². The van der Waals surface area contributed by atoms with Gasteiger partial charge in [-0.05, 0) is 158 Å². The SMILES string of the molecule is CC(=O)c1cc(C(F)(F)F)cc(S(=O)(=O)NC2CCCCc3c(OCC(=O)OC(C)(C)C)cccc32)c1.CC(C)(C)OC(=O)COc1cccc2c1CCCCC2NS(=O)(=O)c1cc(Br)cc(C(F)(F)F)c1. The van der Waals surface area contributed by atoms with Gasteiger partial charge in [-0.3, -0.25) is 4.79 Å². The number of halogens is 7. The first kappa shape index (κ1) is 57.9. The van der Waals surface area contributed by atoms with Crippen molar-refractivity contribution in [3.8, 4) is 11.5 Å². The normalized spacial score (nSPS) is 16.6. The molecule has 0 aromatic heterocycles. The molecule has 2 aliphatic carbocycles. The van der Waals surface area contributed by atoms with Crippen LogP contribution in [0.4, 0.5) is 26.3 Å². The van der Waals surface area contributed by atoms with Gasteiger partial charge in [0.25, 0.3) is 0 Å². The Hall–Kier alpha value is -5.03. The number of rotatable bonds is 13. The van der Waals surface area contributed by atoms with Crippen molar-refractivity contribution in [1.29, 1.82) is 0 Å². The first-order valence-electron chi connectivity index (χ1n) is 22.8. The molecule has 394 valence electrons. The zero-order valence-electron chi connectivity index (χ0n) is 40.6. The summed E-state index contributed by atoms with van der Waals surface area (Å²) >= 11 is 2.97. The zero-order chi connectivity index (χ0) is 53.6. The highest BCUT2D eigenvalue weighted by molar-refractivity contribution is 9.10. The van der Waals surface area contributed by atoms with Crippen LogP contribution < -0.4 is 18.9 Å². The van der Waals surface area contributed by atoms with Crippen LogP contribution in [0, 0.1) is 0 Å². The number of fused-ring (bicyclic) bond motifs is 2. The molecular weight excluding hydrogens is 1060 g/mol. The number of esters is 2. The number of nitrogens with one attached hydrogen (secondary N) is 2. The van der Waals surface area contributed by atoms with Gasteiger partial charge in [-0.2, -0.15) is 26.3 Å². The Balaban J connectivity index is 0.000000268. The molecule has 2 aliphatic rings. The Morgan fingerprint density at radius 2 is 1.00 bits per heavy atom. The molecule has 0 heterocycles. The first-order chi connectivity index (χ1) is 33.2. The summed E-state index contributed by atoms with van der Waals surface area (Å²) in [6.07, 6.45) is -4.67. The quantitative estimate of drug-likeness (QED) is 0.0563. The van der Waals surface area contributed by atoms with Crippen LogP contribution in [0.2, 0.25) is 0 Å². The zero-order valence-corrected chi connectivity index (χ0v) is 43.8. The number of carbonyl (C=O) groups is 3. The molecule has 2 atom stereocenters. The van der Waals surface area contributed by atoms with Crippen LogP contribution in [-0.2, 0) is 64.3 Å². The van der Waals surface area contributed by atoms with E-state index < -0.39 is 94.3 Å². The number of alkyl halides is 6. The first-order valence-corrected chi connectivity index (χ1v) is 26.6. The summed E-state index contributed by atoms with van der Waals surface area (Å²) in [5, 5.41) is 0. The van der Waals surface area contributed by atoms with Crippen LogP contribution >= 0.6 is 15.9 Å². The van der Waals surface area contributed by atoms with Crippen LogP contribution in [0.1, 0.15) is 143 Å². The van der Waals surface area contributed by atoms with Gasteiger partial charge < -0.3 is 18.9 Å². The predicted molar refractivity (Wildman–Crippen MR) is 257 cm³/mol. The van der Waals surface area contributed by atoms with Crippen LogP contribution in [0.15, 0.2) is 87.1 Å². The number of hydrogen-bond acceptors (Lipinski definition) is 11. The number of benzene rings is 4. The third kappa shape index (κ3) is 16.5. The molecule has 4 aromatic rings. The molecule has 13 nitrogen and oxygen atoms in total. The van der Waals surface area contributed by atoms with Crippen LogP contribution in [0.25, 0.3) is 0 Å². The van der Waals surface area contributed by atoms with E-state index in [1.165, 1.54) is 0 Å². The van der Waals surface area contributed by atoms with Gasteiger partial charge in [0.2, 0.25) is 20.0 Å². The second-order valence-corrected chi connectivity index (χ2v) is 23.6. The fraction of sp³-hybridized carbons (Fsp3) is 0.460. The second kappa shape index (κ2) is 23.0. The number of hydrogen-bond donors (Lipinski definition) is 2. The minimum absolute atomic E-state index is 0.00629. The number of Topliss-reactive ketones (excluding diaryl/α,β-unsaturated/α-hetero) is 1. The summed E-state index contributed by atoms with van der Waals surface area (Å²) in [7, 11) is -8.71. The van der Waals surface area contributed by atoms with E-state index in [4.69, 9.17) is 18.9 Å². The fourth-order valence-electron chi connectivity index (χ4n) is 8.01. The van der Waals surface area contributed by atoms with E-state index in [0.29, 0.717) is 84.9 Å². The van der Waals surface area contributed by atoms with Gasteiger partial charge in [-0.25, -0.2) is 35.9 Å². The maximum absolute atomic E-state index is 13.4. The molecule has 0 aliphatic heterocycles. The molecule has 6 rings (SSSR count). The van der Waals surface area contributed by atoms with Crippen molar-refractivity contribution in [2.24, 2.45) is 0 Å². The summed E-state index contributed by atoms with van der Waals surface area (Å²) in [6, 6.07) is 13.5. The van der Waals surface area contributed by atoms with Crippen molar-refractivity contribution in [3.63, 3.8) is 0 Å². The average molecular weight is 1120 g/mol. The summed E-state index contributed by atoms with van der Waals surface area (Å²) in [4.78, 5) is 34.9. The van der Waals surface area contributed by atoms with Gasteiger partial charge in [0.1, 0.15) is 22.7 Å². The fourth-order valence-corrected chi connectivity index (χ4v) is 11.3. The molecule has 2 unspecified atom stereocenters. The molecule has 4 aromatic carbocycles. The van der Waals surface area contributed by atoms with E-state index in [1.54, 1.807) is 77.9 Å². The van der Waals surface area contributed by atoms with Gasteiger partial charge in [0.15, 0.2) is 19.0 Å². The monoisotopic (exact) mass is 1120 g/mol. The maximum atomic E-state index is 13.4. The Bertz CT molecular complexity index is 2860. The van der Waals surface area contributed by atoms with Crippen molar-refractivity contribution in [2.45, 2.75) is 145 Å². The molecule has 0 amide bonds. The highest BCUT2D eigenvalue weighted by Crippen LogP contribution is 2.39. The van der Waals surface area contributed by atoms with E-state index in [9.17, 15) is 57.6 Å². The minimum atomic E-state index is -4.83. The lowest BCUT2D eigenvalue weighted by Crippen LogP contribution is -2.29. The Morgan fingerprint density at radius 3 is 1.39 bits per heavy atom. The van der Waals surface area contributed by atoms with Gasteiger partial charge in [-0.15, -0.1) is 0 Å². The molecule has 0 radical (unpaired) electrons. The lowest BCUT2D eigenvalue weighted by atomic mass is 9.99. The number of ether oxygens (including phenoxy) is 4. The third-order valence-electron chi connectivity index (χ3n) is 11.0. The molecule has 0 bridgehead atoms. The highest BCUT2D eigenvalue weighted by atomic mass is 79.9. The van der Waals surface area contributed by atoms with Gasteiger partial charge in [0, 0.05) is 22.1 Å². The van der Waals surface area contributed by atoms with Crippen LogP contribution in [0.3, 0.4) is 0 Å². The van der Waals surface area contributed by atoms with E-state index in [1.807, 2.05) is 0 Å². The second-order valence-electron chi connectivity index (χ2n) is 19.2. The summed E-state index contributed by atoms with van der Waals surface area (Å²) in [6.45, 7) is 10.9. The predicted octanol–water partition coefficient (Wildman–Crippen LogP) is 11.3. The van der Waals surface area contributed by atoms with Crippen molar-refractivity contribution < 1.29 is 76.5 Å². The van der Waals surface area contributed by atoms with E-state index >= 15 is 0 Å². The summed E-state index contributed by atoms with van der Waals surface area (Å²) < 4.78 is 160. The largest absolute Gasteiger partial charge is 0.482 e. The smallest absolute Gasteiger partial charge is 0.416 e. The highest BCUT2D eigenvalue weighted by Gasteiger charge is 2.36. The average Bonchev–Trinajstić information content (AvgIpc) is 3.59. The molecule has 72 heavy (non-hydrogen) atoms. The van der Waals surface area contributed by atoms with E-state index in [-0.39, 0.29) is 23.2 Å². The maximum Gasteiger partial charge on any atom is 0.416 e. The Morgan fingerprint density at radius 1 is 0.597 bits per heavy atom. The number of sulfonamides is 2. The minimum Gasteiger partial charge on any atom is -0.482 e. The van der Waals surface area contributed by atoms with Crippen molar-refractivity contribution in [3.05, 3.63) is 116 Å². The van der Waals surface area contributed by atoms with Crippen LogP contribution in [0.5, 0.6) is 11.5 Å². The molecule has 0 saturated carbocycles. The van der Waals surface area contributed by atoms with Crippen molar-refractivity contribution >= 4 is 53.7 Å². The lowest BCUT2D eigenvalue weighted by molar-refractivity contribution is -0.158. The molecular formula is C50H57BrF6N2O11S2.